The van der Waals surface area contributed by atoms with Gasteiger partial charge in [-0.05, 0) is 36.1 Å². The predicted octanol–water partition coefficient (Wildman–Crippen LogP) is -0.367. The van der Waals surface area contributed by atoms with Gasteiger partial charge < -0.3 is 35.3 Å². The standard InChI is InChI=1S/C20H21N5O6/c21-18-15-19(23-6-22-18)25(7-24-15)20(17(28)16(27)14(5-26)31-20)11-2-1-9-3-12-13(4-10(9)11)30-8-29-12/h3-4,6-7,11,14,16-17,26-28H,1-2,5,8H2,(H2,21,22,23)/t11?,14-,16-,17-,20-/m1/s1. The SMILES string of the molecule is Nc1ncnc2c1ncn2[C@]1(C2CCc3cc4c(cc32)OCO4)O[C@H](CO)[C@@H](O)[C@H]1O. The van der Waals surface area contributed by atoms with Crippen LogP contribution in [0, 0.1) is 0 Å². The molecule has 0 radical (unpaired) electrons. The van der Waals surface area contributed by atoms with Crippen molar-refractivity contribution >= 4 is 17.0 Å². The number of ether oxygens (including phenoxy) is 3. The molecule has 0 saturated carbocycles. The van der Waals surface area contributed by atoms with Crippen LogP contribution in [0.5, 0.6) is 11.5 Å². The molecule has 4 heterocycles. The van der Waals surface area contributed by atoms with Crippen LogP contribution in [0.4, 0.5) is 5.82 Å². The minimum absolute atomic E-state index is 0.154. The first-order valence-electron chi connectivity index (χ1n) is 10.1. The molecule has 11 heteroatoms. The van der Waals surface area contributed by atoms with Crippen LogP contribution in [0.2, 0.25) is 0 Å². The van der Waals surface area contributed by atoms with Crippen LogP contribution in [-0.4, -0.2) is 66.6 Å². The largest absolute Gasteiger partial charge is 0.454 e. The highest BCUT2D eigenvalue weighted by molar-refractivity contribution is 5.81. The molecule has 31 heavy (non-hydrogen) atoms. The number of nitrogens with two attached hydrogens (primary N) is 1. The van der Waals surface area contributed by atoms with E-state index >= 15 is 0 Å². The van der Waals surface area contributed by atoms with Gasteiger partial charge in [0.1, 0.15) is 30.2 Å². The number of rotatable bonds is 3. The second kappa shape index (κ2) is 6.50. The molecular weight excluding hydrogens is 406 g/mol. The zero-order valence-corrected chi connectivity index (χ0v) is 16.4. The normalized spacial score (nSPS) is 31.5. The Labute approximate surface area is 176 Å². The van der Waals surface area contributed by atoms with E-state index in [0.717, 1.165) is 17.5 Å². The Bertz CT molecular complexity index is 1180. The van der Waals surface area contributed by atoms with Crippen molar-refractivity contribution in [3.8, 4) is 11.5 Å². The summed E-state index contributed by atoms with van der Waals surface area (Å²) >= 11 is 0. The van der Waals surface area contributed by atoms with Gasteiger partial charge in [0.25, 0.3) is 0 Å². The van der Waals surface area contributed by atoms with Crippen molar-refractivity contribution in [1.82, 2.24) is 19.5 Å². The molecule has 3 aliphatic rings. The molecule has 0 bridgehead atoms. The number of nitrogen functional groups attached to an aromatic ring is 1. The number of hydrogen-bond donors (Lipinski definition) is 4. The second-order valence-corrected chi connectivity index (χ2v) is 8.07. The van der Waals surface area contributed by atoms with Gasteiger partial charge in [0.05, 0.1) is 12.9 Å². The summed E-state index contributed by atoms with van der Waals surface area (Å²) in [6.07, 6.45) is 0.490. The number of aliphatic hydroxyl groups is 3. The van der Waals surface area contributed by atoms with Gasteiger partial charge in [-0.1, -0.05) is 0 Å². The molecular formula is C20H21N5O6. The third-order valence-electron chi connectivity index (χ3n) is 6.60. The first-order chi connectivity index (χ1) is 15.0. The van der Waals surface area contributed by atoms with Gasteiger partial charge in [-0.15, -0.1) is 0 Å². The highest BCUT2D eigenvalue weighted by atomic mass is 16.7. The topological polar surface area (TPSA) is 158 Å². The lowest BCUT2D eigenvalue weighted by Gasteiger charge is -2.39. The number of fused-ring (bicyclic) bond motifs is 3. The van der Waals surface area contributed by atoms with E-state index in [-0.39, 0.29) is 18.5 Å². The summed E-state index contributed by atoms with van der Waals surface area (Å²) in [6.45, 7) is -0.300. The molecule has 5 N–H and O–H groups in total. The van der Waals surface area contributed by atoms with E-state index in [9.17, 15) is 15.3 Å². The van der Waals surface area contributed by atoms with Gasteiger partial charge in [0.2, 0.25) is 6.79 Å². The molecule has 1 aromatic carbocycles. The Morgan fingerprint density at radius 1 is 1.16 bits per heavy atom. The van der Waals surface area contributed by atoms with E-state index in [4.69, 9.17) is 19.9 Å². The minimum Gasteiger partial charge on any atom is -0.454 e. The van der Waals surface area contributed by atoms with Gasteiger partial charge >= 0.3 is 0 Å². The molecule has 5 atom stereocenters. The molecule has 2 aromatic heterocycles. The van der Waals surface area contributed by atoms with E-state index < -0.39 is 30.6 Å². The first kappa shape index (κ1) is 18.8. The van der Waals surface area contributed by atoms with E-state index in [1.54, 1.807) is 4.57 Å². The maximum absolute atomic E-state index is 11.3. The second-order valence-electron chi connectivity index (χ2n) is 8.07. The van der Waals surface area contributed by atoms with Crippen molar-refractivity contribution in [1.29, 1.82) is 0 Å². The zero-order chi connectivity index (χ0) is 21.3. The minimum atomic E-state index is -1.47. The molecule has 1 aliphatic carbocycles. The van der Waals surface area contributed by atoms with Crippen molar-refractivity contribution in [2.24, 2.45) is 0 Å². The van der Waals surface area contributed by atoms with Crippen LogP contribution >= 0.6 is 0 Å². The fourth-order valence-electron chi connectivity index (χ4n) is 5.16. The van der Waals surface area contributed by atoms with Crippen molar-refractivity contribution in [3.05, 3.63) is 35.9 Å². The average Bonchev–Trinajstić information content (AvgIpc) is 3.54. The third kappa shape index (κ3) is 2.39. The van der Waals surface area contributed by atoms with Crippen LogP contribution < -0.4 is 15.2 Å². The fourth-order valence-corrected chi connectivity index (χ4v) is 5.16. The monoisotopic (exact) mass is 427 g/mol. The highest BCUT2D eigenvalue weighted by Gasteiger charge is 2.61. The third-order valence-corrected chi connectivity index (χ3v) is 6.60. The molecule has 11 nitrogen and oxygen atoms in total. The van der Waals surface area contributed by atoms with Gasteiger partial charge in [-0.25, -0.2) is 15.0 Å². The lowest BCUT2D eigenvalue weighted by atomic mass is 9.84. The Kier molecular flexibility index (Phi) is 3.93. The van der Waals surface area contributed by atoms with Gasteiger partial charge in [-0.2, -0.15) is 0 Å². The number of anilines is 1. The Morgan fingerprint density at radius 2 is 1.97 bits per heavy atom. The Balaban J connectivity index is 1.58. The molecule has 0 amide bonds. The van der Waals surface area contributed by atoms with Gasteiger partial charge in [-0.3, -0.25) is 4.57 Å². The highest BCUT2D eigenvalue weighted by Crippen LogP contribution is 2.54. The fraction of sp³-hybridized carbons (Fsp3) is 0.450. The van der Waals surface area contributed by atoms with E-state index in [0.29, 0.717) is 29.1 Å². The van der Waals surface area contributed by atoms with Crippen LogP contribution in [0.1, 0.15) is 23.5 Å². The molecule has 1 unspecified atom stereocenters. The summed E-state index contributed by atoms with van der Waals surface area (Å²) in [5.41, 5.74) is 7.19. The molecule has 2 aliphatic heterocycles. The summed E-state index contributed by atoms with van der Waals surface area (Å²) < 4.78 is 18.9. The number of hydrogen-bond acceptors (Lipinski definition) is 10. The number of aliphatic hydroxyl groups excluding tert-OH is 3. The summed E-state index contributed by atoms with van der Waals surface area (Å²) in [4.78, 5) is 12.6. The molecule has 6 rings (SSSR count). The predicted molar refractivity (Wildman–Crippen MR) is 105 cm³/mol. The number of aromatic nitrogens is 4. The van der Waals surface area contributed by atoms with Crippen molar-refractivity contribution in [2.75, 3.05) is 19.1 Å². The molecule has 162 valence electrons. The summed E-state index contributed by atoms with van der Waals surface area (Å²) in [5.74, 6) is 1.12. The molecule has 0 spiro atoms. The van der Waals surface area contributed by atoms with Crippen molar-refractivity contribution in [2.45, 2.75) is 42.8 Å². The molecule has 3 aromatic rings. The summed E-state index contributed by atoms with van der Waals surface area (Å²) in [7, 11) is 0. The van der Waals surface area contributed by atoms with Gasteiger partial charge in [0, 0.05) is 5.92 Å². The van der Waals surface area contributed by atoms with Crippen LogP contribution in [0.3, 0.4) is 0 Å². The van der Waals surface area contributed by atoms with E-state index in [2.05, 4.69) is 15.0 Å². The van der Waals surface area contributed by atoms with Crippen molar-refractivity contribution in [3.63, 3.8) is 0 Å². The maximum Gasteiger partial charge on any atom is 0.231 e. The van der Waals surface area contributed by atoms with Crippen LogP contribution in [0.25, 0.3) is 11.2 Å². The number of aryl methyl sites for hydroxylation is 1. The van der Waals surface area contributed by atoms with E-state index in [1.165, 1.54) is 12.7 Å². The quantitative estimate of drug-likeness (QED) is 0.435. The first-order valence-corrected chi connectivity index (χ1v) is 10.1. The average molecular weight is 427 g/mol. The molecule has 1 fully saturated rings. The Hall–Kier alpha value is -2.99. The number of benzene rings is 1. The van der Waals surface area contributed by atoms with Crippen LogP contribution in [0.15, 0.2) is 24.8 Å². The molecule has 1 saturated heterocycles. The maximum atomic E-state index is 11.3. The summed E-state index contributed by atoms with van der Waals surface area (Å²) in [6, 6.07) is 3.84. The van der Waals surface area contributed by atoms with Gasteiger partial charge in [0.15, 0.2) is 28.7 Å². The van der Waals surface area contributed by atoms with E-state index in [1.807, 2.05) is 12.1 Å². The number of nitrogens with zero attached hydrogens (tertiary/aromatic N) is 4. The lowest BCUT2D eigenvalue weighted by Crippen LogP contribution is -2.49. The number of imidazole rings is 1. The zero-order valence-electron chi connectivity index (χ0n) is 16.4. The van der Waals surface area contributed by atoms with Crippen LogP contribution in [-0.2, 0) is 16.9 Å². The lowest BCUT2D eigenvalue weighted by molar-refractivity contribution is -0.162. The summed E-state index contributed by atoms with van der Waals surface area (Å²) in [5, 5.41) is 31.8. The Morgan fingerprint density at radius 3 is 2.74 bits per heavy atom. The van der Waals surface area contributed by atoms with Crippen molar-refractivity contribution < 1.29 is 29.5 Å². The smallest absolute Gasteiger partial charge is 0.231 e.